The summed E-state index contributed by atoms with van der Waals surface area (Å²) in [7, 11) is -4.97. The van der Waals surface area contributed by atoms with E-state index in [4.69, 9.17) is 0 Å². The first-order valence-corrected chi connectivity index (χ1v) is 25.6. The van der Waals surface area contributed by atoms with Crippen LogP contribution in [-0.4, -0.2) is 37.6 Å². The highest BCUT2D eigenvalue weighted by Crippen LogP contribution is 2.61. The Morgan fingerprint density at radius 3 is 1.10 bits per heavy atom. The van der Waals surface area contributed by atoms with E-state index < -0.39 is 17.4 Å². The van der Waals surface area contributed by atoms with Crippen molar-refractivity contribution in [3.63, 3.8) is 0 Å². The Balaban J connectivity index is 0.000000958. The molecule has 0 bridgehead atoms. The van der Waals surface area contributed by atoms with Crippen LogP contribution in [0.4, 0.5) is 0 Å². The Morgan fingerprint density at radius 2 is 0.735 bits per heavy atom. The molecule has 0 aliphatic rings. The van der Waals surface area contributed by atoms with E-state index in [2.05, 4.69) is 34.6 Å². The van der Waals surface area contributed by atoms with Gasteiger partial charge < -0.3 is 4.55 Å². The summed E-state index contributed by atoms with van der Waals surface area (Å²) in [6.45, 7) is 11.7. The van der Waals surface area contributed by atoms with E-state index in [-0.39, 0.29) is 4.90 Å². The second kappa shape index (κ2) is 34.6. The molecule has 49 heavy (non-hydrogen) atoms. The van der Waals surface area contributed by atoms with Crippen LogP contribution in [0, 0.1) is 0 Å². The predicted octanol–water partition coefficient (Wildman–Crippen LogP) is 15.2. The molecule has 0 fully saturated rings. The van der Waals surface area contributed by atoms with Crippen molar-refractivity contribution in [2.75, 3.05) is 24.6 Å². The van der Waals surface area contributed by atoms with Crippen molar-refractivity contribution in [1.29, 1.82) is 0 Å². The first-order valence-electron chi connectivity index (χ1n) is 21.7. The van der Waals surface area contributed by atoms with Crippen molar-refractivity contribution >= 4 is 17.4 Å². The van der Waals surface area contributed by atoms with Crippen LogP contribution in [0.15, 0.2) is 29.2 Å². The molecular weight excluding hydrogens is 640 g/mol. The fourth-order valence-corrected chi connectivity index (χ4v) is 13.1. The molecule has 0 aromatic heterocycles. The van der Waals surface area contributed by atoms with Crippen molar-refractivity contribution in [3.8, 4) is 0 Å². The SMILES string of the molecule is CCCCCCCCCCCCCC[P+](CCCC)(CCCC)CCCC.CCCCCCCCCCCCc1ccccc1S(=O)(=O)[O-]. The van der Waals surface area contributed by atoms with E-state index in [1.165, 1.54) is 167 Å². The molecule has 0 saturated carbocycles. The molecule has 0 radical (unpaired) electrons. The van der Waals surface area contributed by atoms with E-state index in [9.17, 15) is 13.0 Å². The number of rotatable bonds is 34. The van der Waals surface area contributed by atoms with Crippen LogP contribution in [0.2, 0.25) is 0 Å². The monoisotopic (exact) mass is 725 g/mol. The van der Waals surface area contributed by atoms with E-state index in [0.29, 0.717) is 12.0 Å². The minimum absolute atomic E-state index is 0.0501. The molecule has 290 valence electrons. The average molecular weight is 725 g/mol. The highest BCUT2D eigenvalue weighted by Gasteiger charge is 2.34. The highest BCUT2D eigenvalue weighted by molar-refractivity contribution is 7.85. The first-order chi connectivity index (χ1) is 23.8. The van der Waals surface area contributed by atoms with Crippen molar-refractivity contribution in [2.24, 2.45) is 0 Å². The maximum absolute atomic E-state index is 11.2. The molecule has 0 amide bonds. The molecule has 3 nitrogen and oxygen atoms in total. The smallest absolute Gasteiger partial charge is 0.124 e. The fourth-order valence-electron chi connectivity index (χ4n) is 7.20. The molecule has 0 aliphatic carbocycles. The quantitative estimate of drug-likeness (QED) is 0.0404. The maximum Gasteiger partial charge on any atom is 0.124 e. The molecule has 0 atom stereocenters. The van der Waals surface area contributed by atoms with Crippen LogP contribution in [0.1, 0.15) is 220 Å². The molecule has 0 N–H and O–H groups in total. The first kappa shape index (κ1) is 48.6. The topological polar surface area (TPSA) is 57.2 Å². The standard InChI is InChI=1S/C26H56P.C18H30O3S/c1-5-9-13-14-15-16-17-18-19-20-21-22-26-27(23-10-6-2,24-11-7-3)25-12-8-4;1-2-3-4-5-6-7-8-9-10-11-14-17-15-12-13-16-18(17)22(19,20)21/h5-26H2,1-4H3;12-13,15-16H,2-11,14H2,1H3,(H,19,20,21)/q+1;/p-1. The van der Waals surface area contributed by atoms with Gasteiger partial charge in [0.2, 0.25) is 0 Å². The van der Waals surface area contributed by atoms with E-state index >= 15 is 0 Å². The summed E-state index contributed by atoms with van der Waals surface area (Å²) < 4.78 is 33.5. The second-order valence-corrected chi connectivity index (χ2v) is 21.0. The van der Waals surface area contributed by atoms with Crippen LogP contribution in [-0.2, 0) is 16.5 Å². The maximum atomic E-state index is 11.2. The van der Waals surface area contributed by atoms with Crippen LogP contribution in [0.5, 0.6) is 0 Å². The van der Waals surface area contributed by atoms with Crippen molar-refractivity contribution < 1.29 is 13.0 Å². The summed E-state index contributed by atoms with van der Waals surface area (Å²) in [5.41, 5.74) is 0.664. The van der Waals surface area contributed by atoms with E-state index in [0.717, 1.165) is 12.8 Å². The Kier molecular flexibility index (Phi) is 34.3. The fraction of sp³-hybridized carbons (Fsp3) is 0.864. The Labute approximate surface area is 309 Å². The van der Waals surface area contributed by atoms with Crippen molar-refractivity contribution in [2.45, 2.75) is 226 Å². The lowest BCUT2D eigenvalue weighted by Crippen LogP contribution is -2.13. The average Bonchev–Trinajstić information content (AvgIpc) is 3.10. The Hall–Kier alpha value is -0.440. The van der Waals surface area contributed by atoms with Gasteiger partial charge in [0.1, 0.15) is 10.1 Å². The van der Waals surface area contributed by atoms with Crippen LogP contribution in [0.3, 0.4) is 0 Å². The molecule has 0 aliphatic heterocycles. The normalized spacial score (nSPS) is 11.9. The summed E-state index contributed by atoms with van der Waals surface area (Å²) in [5, 5.41) is 0. The molecule has 1 rings (SSSR count). The highest BCUT2D eigenvalue weighted by atomic mass is 32.2. The van der Waals surface area contributed by atoms with Crippen molar-refractivity contribution in [1.82, 2.24) is 0 Å². The lowest BCUT2D eigenvalue weighted by atomic mass is 10.0. The number of hydrogen-bond acceptors (Lipinski definition) is 3. The van der Waals surface area contributed by atoms with Gasteiger partial charge in [-0.3, -0.25) is 0 Å². The number of aryl methyl sites for hydroxylation is 1. The summed E-state index contributed by atoms with van der Waals surface area (Å²) >= 11 is 0. The Morgan fingerprint density at radius 1 is 0.429 bits per heavy atom. The van der Waals surface area contributed by atoms with Gasteiger partial charge in [-0.15, -0.1) is 0 Å². The molecule has 0 saturated heterocycles. The van der Waals surface area contributed by atoms with Crippen LogP contribution < -0.4 is 0 Å². The van der Waals surface area contributed by atoms with E-state index in [1.54, 1.807) is 49.3 Å². The van der Waals surface area contributed by atoms with Gasteiger partial charge >= 0.3 is 0 Å². The zero-order chi connectivity index (χ0) is 36.3. The minimum Gasteiger partial charge on any atom is -0.744 e. The summed E-state index contributed by atoms with van der Waals surface area (Å²) in [5.74, 6) is 0. The summed E-state index contributed by atoms with van der Waals surface area (Å²) in [6.07, 6.45) is 46.1. The van der Waals surface area contributed by atoms with Crippen LogP contribution in [0.25, 0.3) is 0 Å². The third kappa shape index (κ3) is 28.8. The van der Waals surface area contributed by atoms with Crippen molar-refractivity contribution in [3.05, 3.63) is 29.8 Å². The minimum atomic E-state index is -4.35. The van der Waals surface area contributed by atoms with Gasteiger partial charge in [0.25, 0.3) is 0 Å². The Bertz CT molecular complexity index is 910. The summed E-state index contributed by atoms with van der Waals surface area (Å²) in [4.78, 5) is -0.0501. The van der Waals surface area contributed by atoms with Gasteiger partial charge in [-0.1, -0.05) is 194 Å². The third-order valence-electron chi connectivity index (χ3n) is 10.5. The third-order valence-corrected chi connectivity index (χ3v) is 16.5. The molecule has 5 heteroatoms. The van der Waals surface area contributed by atoms with Crippen LogP contribution >= 0.6 is 7.26 Å². The lowest BCUT2D eigenvalue weighted by molar-refractivity contribution is 0.461. The van der Waals surface area contributed by atoms with Gasteiger partial charge in [-0.25, -0.2) is 8.42 Å². The molecule has 1 aromatic rings. The van der Waals surface area contributed by atoms with Gasteiger partial charge in [-0.2, -0.15) is 0 Å². The summed E-state index contributed by atoms with van der Waals surface area (Å²) in [6, 6.07) is 6.56. The lowest BCUT2D eigenvalue weighted by Gasteiger charge is -2.28. The molecule has 1 aromatic carbocycles. The number of benzene rings is 1. The second-order valence-electron chi connectivity index (χ2n) is 15.2. The largest absolute Gasteiger partial charge is 0.744 e. The zero-order valence-corrected chi connectivity index (χ0v) is 35.4. The molecule has 0 spiro atoms. The number of unbranched alkanes of at least 4 members (excludes halogenated alkanes) is 23. The van der Waals surface area contributed by atoms with Gasteiger partial charge in [-0.05, 0) is 56.6 Å². The van der Waals surface area contributed by atoms with E-state index in [1.807, 2.05) is 0 Å². The zero-order valence-electron chi connectivity index (χ0n) is 33.7. The molecular formula is C44H85O3PS. The molecule has 0 heterocycles. The molecule has 0 unspecified atom stereocenters. The predicted molar refractivity (Wildman–Crippen MR) is 222 cm³/mol. The van der Waals surface area contributed by atoms with Gasteiger partial charge in [0, 0.05) is 7.26 Å². The van der Waals surface area contributed by atoms with Gasteiger partial charge in [0.15, 0.2) is 0 Å². The number of hydrogen-bond donors (Lipinski definition) is 0. The van der Waals surface area contributed by atoms with Gasteiger partial charge in [0.05, 0.1) is 29.5 Å².